The van der Waals surface area contributed by atoms with Crippen molar-refractivity contribution in [3.05, 3.63) is 77.4 Å². The van der Waals surface area contributed by atoms with Gasteiger partial charge in [-0.15, -0.1) is 0 Å². The molecule has 3 amide bonds. The number of aromatic nitrogens is 1. The first-order valence-electron chi connectivity index (χ1n) is 12.2. The Balaban J connectivity index is 1.33. The molecule has 0 atom stereocenters. The molecule has 1 fully saturated rings. The molecule has 0 aliphatic carbocycles. The van der Waals surface area contributed by atoms with Crippen LogP contribution in [-0.4, -0.2) is 54.4 Å². The first-order chi connectivity index (χ1) is 17.9. The number of nitrogens with zero attached hydrogens (tertiary/aromatic N) is 1. The number of hydrogen-bond donors (Lipinski definition) is 4. The summed E-state index contributed by atoms with van der Waals surface area (Å²) < 4.78 is 18.8. The van der Waals surface area contributed by atoms with E-state index in [0.717, 1.165) is 5.56 Å². The maximum absolute atomic E-state index is 13.2. The van der Waals surface area contributed by atoms with Gasteiger partial charge in [0, 0.05) is 24.2 Å². The second-order valence-corrected chi connectivity index (χ2v) is 8.96. The van der Waals surface area contributed by atoms with E-state index < -0.39 is 11.4 Å². The van der Waals surface area contributed by atoms with Crippen molar-refractivity contribution in [3.63, 3.8) is 0 Å². The molecule has 0 bridgehead atoms. The van der Waals surface area contributed by atoms with Crippen LogP contribution in [0.5, 0.6) is 0 Å². The van der Waals surface area contributed by atoms with Crippen molar-refractivity contribution in [1.82, 2.24) is 26.3 Å². The van der Waals surface area contributed by atoms with Gasteiger partial charge in [-0.3, -0.25) is 14.4 Å². The lowest BCUT2D eigenvalue weighted by Gasteiger charge is -2.37. The number of aryl methyl sites for hydroxylation is 1. The minimum Gasteiger partial charge on any atom is -0.441 e. The summed E-state index contributed by atoms with van der Waals surface area (Å²) in [6.07, 6.45) is 0.845. The van der Waals surface area contributed by atoms with Gasteiger partial charge in [-0.05, 0) is 69.3 Å². The van der Waals surface area contributed by atoms with Gasteiger partial charge in [0.05, 0.1) is 12.1 Å². The lowest BCUT2D eigenvalue weighted by atomic mass is 9.87. The molecule has 0 spiro atoms. The molecular formula is C27H30FN5O4. The molecule has 2 aromatic carbocycles. The number of rotatable bonds is 9. The Bertz CT molecular complexity index is 1240. The Hall–Kier alpha value is -4.05. The molecule has 2 heterocycles. The van der Waals surface area contributed by atoms with Crippen LogP contribution in [0, 0.1) is 12.7 Å². The summed E-state index contributed by atoms with van der Waals surface area (Å²) in [5.41, 5.74) is 0.596. The average Bonchev–Trinajstić information content (AvgIpc) is 3.27. The smallest absolute Gasteiger partial charge is 0.251 e. The van der Waals surface area contributed by atoms with E-state index in [9.17, 15) is 18.8 Å². The lowest BCUT2D eigenvalue weighted by Crippen LogP contribution is -2.63. The predicted octanol–water partition coefficient (Wildman–Crippen LogP) is 2.12. The topological polar surface area (TPSA) is 125 Å². The van der Waals surface area contributed by atoms with Crippen molar-refractivity contribution in [2.24, 2.45) is 0 Å². The Labute approximate surface area is 214 Å². The van der Waals surface area contributed by atoms with Crippen LogP contribution in [0.15, 0.2) is 59.0 Å². The Morgan fingerprint density at radius 2 is 1.68 bits per heavy atom. The van der Waals surface area contributed by atoms with Gasteiger partial charge >= 0.3 is 0 Å². The van der Waals surface area contributed by atoms with Crippen molar-refractivity contribution < 1.29 is 23.2 Å². The largest absolute Gasteiger partial charge is 0.441 e. The van der Waals surface area contributed by atoms with Crippen LogP contribution < -0.4 is 21.3 Å². The molecule has 9 nitrogen and oxygen atoms in total. The fraction of sp³-hybridized carbons (Fsp3) is 0.333. The molecule has 4 rings (SSSR count). The lowest BCUT2D eigenvalue weighted by molar-refractivity contribution is -0.134. The van der Waals surface area contributed by atoms with E-state index in [4.69, 9.17) is 4.42 Å². The van der Waals surface area contributed by atoms with Crippen LogP contribution in [0.4, 0.5) is 4.39 Å². The van der Waals surface area contributed by atoms with Crippen LogP contribution in [-0.2, 0) is 16.0 Å². The van der Waals surface area contributed by atoms with Crippen LogP contribution in [0.3, 0.4) is 0 Å². The van der Waals surface area contributed by atoms with E-state index in [1.165, 1.54) is 24.3 Å². The number of oxazole rings is 1. The molecule has 0 unspecified atom stereocenters. The molecule has 1 saturated heterocycles. The van der Waals surface area contributed by atoms with Gasteiger partial charge < -0.3 is 25.7 Å². The van der Waals surface area contributed by atoms with Crippen molar-refractivity contribution in [3.8, 4) is 11.5 Å². The third kappa shape index (κ3) is 6.59. The fourth-order valence-corrected chi connectivity index (χ4v) is 4.25. The van der Waals surface area contributed by atoms with E-state index in [2.05, 4.69) is 26.3 Å². The number of carbonyl (C=O) groups excluding carboxylic acids is 3. The van der Waals surface area contributed by atoms with E-state index in [1.54, 1.807) is 6.92 Å². The predicted molar refractivity (Wildman–Crippen MR) is 135 cm³/mol. The summed E-state index contributed by atoms with van der Waals surface area (Å²) in [5, 5.41) is 11.7. The molecule has 1 aromatic heterocycles. The molecule has 1 aliphatic heterocycles. The zero-order chi connectivity index (χ0) is 26.3. The monoisotopic (exact) mass is 507 g/mol. The van der Waals surface area contributed by atoms with E-state index >= 15 is 0 Å². The number of amides is 3. The number of carbonyl (C=O) groups is 3. The second kappa shape index (κ2) is 11.8. The first kappa shape index (κ1) is 26.0. The van der Waals surface area contributed by atoms with Crippen molar-refractivity contribution in [1.29, 1.82) is 0 Å². The van der Waals surface area contributed by atoms with Gasteiger partial charge in [-0.2, -0.15) is 0 Å². The third-order valence-electron chi connectivity index (χ3n) is 6.31. The highest BCUT2D eigenvalue weighted by atomic mass is 19.1. The highest BCUT2D eigenvalue weighted by Crippen LogP contribution is 2.23. The third-order valence-corrected chi connectivity index (χ3v) is 6.31. The average molecular weight is 508 g/mol. The summed E-state index contributed by atoms with van der Waals surface area (Å²) in [4.78, 5) is 42.9. The summed E-state index contributed by atoms with van der Waals surface area (Å²) in [5.74, 6) is -0.420. The highest BCUT2D eigenvalue weighted by molar-refractivity contribution is 5.94. The zero-order valence-corrected chi connectivity index (χ0v) is 20.6. The van der Waals surface area contributed by atoms with Gasteiger partial charge in [-0.1, -0.05) is 18.2 Å². The molecule has 0 saturated carbocycles. The molecule has 194 valence electrons. The Morgan fingerprint density at radius 3 is 2.38 bits per heavy atom. The summed E-state index contributed by atoms with van der Waals surface area (Å²) in [6.45, 7) is 3.28. The minimum absolute atomic E-state index is 0.0155. The highest BCUT2D eigenvalue weighted by Gasteiger charge is 2.40. The zero-order valence-electron chi connectivity index (χ0n) is 20.6. The summed E-state index contributed by atoms with van der Waals surface area (Å²) in [7, 11) is 0. The summed E-state index contributed by atoms with van der Waals surface area (Å²) in [6, 6.07) is 14.6. The maximum Gasteiger partial charge on any atom is 0.251 e. The minimum atomic E-state index is -1.07. The molecule has 37 heavy (non-hydrogen) atoms. The second-order valence-electron chi connectivity index (χ2n) is 8.96. The SMILES string of the molecule is Cc1oc(-c2ccccc2)nc1CC(=O)NC1(C(=O)NCCNC(=O)c2ccc(F)cc2)CCNCC1. The Kier molecular flexibility index (Phi) is 8.29. The molecular weight excluding hydrogens is 477 g/mol. The quantitative estimate of drug-likeness (QED) is 0.329. The van der Waals surface area contributed by atoms with Crippen LogP contribution in [0.2, 0.25) is 0 Å². The van der Waals surface area contributed by atoms with Crippen LogP contribution in [0.25, 0.3) is 11.5 Å². The molecule has 3 aromatic rings. The van der Waals surface area contributed by atoms with Gasteiger partial charge in [0.15, 0.2) is 0 Å². The van der Waals surface area contributed by atoms with Gasteiger partial charge in [0.1, 0.15) is 17.1 Å². The van der Waals surface area contributed by atoms with Crippen molar-refractivity contribution >= 4 is 17.7 Å². The molecule has 4 N–H and O–H groups in total. The van der Waals surface area contributed by atoms with E-state index in [0.29, 0.717) is 48.8 Å². The van der Waals surface area contributed by atoms with Crippen molar-refractivity contribution in [2.45, 2.75) is 31.7 Å². The van der Waals surface area contributed by atoms with E-state index in [1.807, 2.05) is 30.3 Å². The van der Waals surface area contributed by atoms with Gasteiger partial charge in [0.25, 0.3) is 5.91 Å². The van der Waals surface area contributed by atoms with Gasteiger partial charge in [-0.25, -0.2) is 9.37 Å². The van der Waals surface area contributed by atoms with E-state index in [-0.39, 0.29) is 37.2 Å². The number of nitrogens with one attached hydrogen (secondary N) is 4. The normalized spacial score (nSPS) is 14.5. The molecule has 1 aliphatic rings. The number of hydrogen-bond acceptors (Lipinski definition) is 6. The van der Waals surface area contributed by atoms with Crippen molar-refractivity contribution in [2.75, 3.05) is 26.2 Å². The number of piperidine rings is 1. The Morgan fingerprint density at radius 1 is 1.00 bits per heavy atom. The summed E-state index contributed by atoms with van der Waals surface area (Å²) >= 11 is 0. The molecule has 0 radical (unpaired) electrons. The first-order valence-corrected chi connectivity index (χ1v) is 12.2. The number of benzene rings is 2. The standard InChI is InChI=1S/C27H30FN5O4/c1-18-22(32-25(37-18)20-5-3-2-4-6-20)17-23(34)33-27(11-13-29-14-12-27)26(36)31-16-15-30-24(35)19-7-9-21(28)10-8-19/h2-10,29H,11-17H2,1H3,(H,30,35)(H,31,36)(H,33,34). The number of halogens is 1. The molecule has 10 heteroatoms. The van der Waals surface area contributed by atoms with Crippen LogP contribution in [0.1, 0.15) is 34.7 Å². The van der Waals surface area contributed by atoms with Crippen LogP contribution >= 0.6 is 0 Å². The fourth-order valence-electron chi connectivity index (χ4n) is 4.25. The maximum atomic E-state index is 13.2. The van der Waals surface area contributed by atoms with Gasteiger partial charge in [0.2, 0.25) is 17.7 Å².